The van der Waals surface area contributed by atoms with Gasteiger partial charge in [0.1, 0.15) is 5.82 Å². The van der Waals surface area contributed by atoms with Crippen LogP contribution in [0.25, 0.3) is 11.4 Å². The van der Waals surface area contributed by atoms with E-state index in [0.717, 1.165) is 36.7 Å². The van der Waals surface area contributed by atoms with Crippen molar-refractivity contribution >= 4 is 5.82 Å². The van der Waals surface area contributed by atoms with Crippen molar-refractivity contribution in [2.24, 2.45) is 5.73 Å². The second-order valence-electron chi connectivity index (χ2n) is 9.26. The van der Waals surface area contributed by atoms with Crippen LogP contribution in [0.2, 0.25) is 0 Å². The van der Waals surface area contributed by atoms with Crippen molar-refractivity contribution in [3.05, 3.63) is 41.6 Å². The minimum atomic E-state index is 0.195. The van der Waals surface area contributed by atoms with Crippen LogP contribution >= 0.6 is 0 Å². The van der Waals surface area contributed by atoms with Crippen LogP contribution in [0.15, 0.2) is 30.5 Å². The molecule has 1 aliphatic heterocycles. The number of nitrogens with two attached hydrogens (primary N) is 1. The number of fused-ring (bicyclic) bond motifs is 1. The van der Waals surface area contributed by atoms with Gasteiger partial charge in [-0.25, -0.2) is 9.97 Å². The van der Waals surface area contributed by atoms with E-state index in [4.69, 9.17) is 10.7 Å². The zero-order chi connectivity index (χ0) is 18.5. The van der Waals surface area contributed by atoms with E-state index in [0.29, 0.717) is 0 Å². The van der Waals surface area contributed by atoms with Crippen LogP contribution in [0.5, 0.6) is 0 Å². The van der Waals surface area contributed by atoms with Crippen molar-refractivity contribution in [1.82, 2.24) is 9.97 Å². The number of hydrogen-bond acceptors (Lipinski definition) is 4. The van der Waals surface area contributed by atoms with E-state index in [1.165, 1.54) is 24.0 Å². The standard InChI is InChI=1S/C22H30N4/c1-21(2)9-10-22(3,4)18-13-15(5-6-17(18)21)20-24-11-7-19(25-20)26-12-8-16(23)14-26/h5-7,11,13,16H,8-10,12,14,23H2,1-4H3/t16-/m1/s1. The molecule has 2 aromatic rings. The molecule has 0 spiro atoms. The number of aromatic nitrogens is 2. The van der Waals surface area contributed by atoms with Crippen molar-refractivity contribution in [1.29, 1.82) is 0 Å². The van der Waals surface area contributed by atoms with Gasteiger partial charge in [0.15, 0.2) is 5.82 Å². The van der Waals surface area contributed by atoms with E-state index < -0.39 is 0 Å². The summed E-state index contributed by atoms with van der Waals surface area (Å²) in [5.74, 6) is 1.80. The normalized spacial score (nSPS) is 23.7. The Bertz CT molecular complexity index is 825. The Hall–Kier alpha value is -1.94. The number of benzene rings is 1. The maximum Gasteiger partial charge on any atom is 0.161 e. The summed E-state index contributed by atoms with van der Waals surface area (Å²) in [7, 11) is 0. The van der Waals surface area contributed by atoms with Gasteiger partial charge >= 0.3 is 0 Å². The van der Waals surface area contributed by atoms with E-state index in [9.17, 15) is 0 Å². The lowest BCUT2D eigenvalue weighted by Crippen LogP contribution is -2.33. The highest BCUT2D eigenvalue weighted by atomic mass is 15.2. The smallest absolute Gasteiger partial charge is 0.161 e. The molecule has 1 aromatic heterocycles. The van der Waals surface area contributed by atoms with Gasteiger partial charge in [-0.15, -0.1) is 0 Å². The fourth-order valence-electron chi connectivity index (χ4n) is 4.39. The SMILES string of the molecule is CC1(C)CCC(C)(C)c2cc(-c3nccc(N4CC[C@@H](N)C4)n3)ccc21. The number of nitrogens with zero attached hydrogens (tertiary/aromatic N) is 3. The molecular formula is C22H30N4. The van der Waals surface area contributed by atoms with Gasteiger partial charge in [-0.1, -0.05) is 39.8 Å². The van der Waals surface area contributed by atoms with Crippen LogP contribution in [0, 0.1) is 0 Å². The van der Waals surface area contributed by atoms with E-state index in [1.807, 2.05) is 12.3 Å². The Morgan fingerprint density at radius 2 is 1.77 bits per heavy atom. The summed E-state index contributed by atoms with van der Waals surface area (Å²) in [5.41, 5.74) is 10.5. The largest absolute Gasteiger partial charge is 0.355 e. The molecule has 0 bridgehead atoms. The van der Waals surface area contributed by atoms with Gasteiger partial charge in [-0.05, 0) is 53.4 Å². The van der Waals surface area contributed by atoms with Crippen LogP contribution in [0.1, 0.15) is 58.1 Å². The molecular weight excluding hydrogens is 320 g/mol. The van der Waals surface area contributed by atoms with Gasteiger partial charge < -0.3 is 10.6 Å². The predicted octanol–water partition coefficient (Wildman–Crippen LogP) is 4.03. The molecule has 2 N–H and O–H groups in total. The summed E-state index contributed by atoms with van der Waals surface area (Å²) in [5, 5.41) is 0. The number of hydrogen-bond donors (Lipinski definition) is 1. The fraction of sp³-hybridized carbons (Fsp3) is 0.545. The summed E-state index contributed by atoms with van der Waals surface area (Å²) in [4.78, 5) is 11.7. The third-order valence-corrected chi connectivity index (χ3v) is 6.30. The van der Waals surface area contributed by atoms with Crippen molar-refractivity contribution in [3.8, 4) is 11.4 Å². The molecule has 1 saturated heterocycles. The van der Waals surface area contributed by atoms with Crippen LogP contribution in [-0.2, 0) is 10.8 Å². The van der Waals surface area contributed by atoms with Crippen molar-refractivity contribution in [2.45, 2.75) is 63.8 Å². The molecule has 4 nitrogen and oxygen atoms in total. The van der Waals surface area contributed by atoms with Gasteiger partial charge in [0.25, 0.3) is 0 Å². The monoisotopic (exact) mass is 350 g/mol. The molecule has 0 unspecified atom stereocenters. The Morgan fingerprint density at radius 3 is 2.46 bits per heavy atom. The molecule has 2 heterocycles. The summed E-state index contributed by atoms with van der Waals surface area (Å²) in [6.07, 6.45) is 5.34. The van der Waals surface area contributed by atoms with Gasteiger partial charge in [0.05, 0.1) is 0 Å². The third-order valence-electron chi connectivity index (χ3n) is 6.30. The zero-order valence-corrected chi connectivity index (χ0v) is 16.4. The zero-order valence-electron chi connectivity index (χ0n) is 16.4. The fourth-order valence-corrected chi connectivity index (χ4v) is 4.39. The van der Waals surface area contributed by atoms with Gasteiger partial charge in [0.2, 0.25) is 0 Å². The molecule has 0 radical (unpaired) electrons. The number of rotatable bonds is 2. The Labute approximate surface area is 156 Å². The molecule has 0 saturated carbocycles. The molecule has 138 valence electrons. The van der Waals surface area contributed by atoms with Crippen LogP contribution < -0.4 is 10.6 Å². The average molecular weight is 351 g/mol. The summed E-state index contributed by atoms with van der Waals surface area (Å²) < 4.78 is 0. The number of anilines is 1. The molecule has 1 atom stereocenters. The first-order chi connectivity index (χ1) is 12.3. The van der Waals surface area contributed by atoms with Crippen molar-refractivity contribution in [2.75, 3.05) is 18.0 Å². The highest BCUT2D eigenvalue weighted by Gasteiger charge is 2.37. The second-order valence-corrected chi connectivity index (χ2v) is 9.26. The predicted molar refractivity (Wildman–Crippen MR) is 108 cm³/mol. The van der Waals surface area contributed by atoms with E-state index in [-0.39, 0.29) is 16.9 Å². The van der Waals surface area contributed by atoms with Gasteiger partial charge in [-0.3, -0.25) is 0 Å². The highest BCUT2D eigenvalue weighted by molar-refractivity contribution is 5.61. The molecule has 0 amide bonds. The average Bonchev–Trinajstić information content (AvgIpc) is 3.05. The quantitative estimate of drug-likeness (QED) is 0.888. The lowest BCUT2D eigenvalue weighted by molar-refractivity contribution is 0.332. The minimum absolute atomic E-state index is 0.195. The van der Waals surface area contributed by atoms with E-state index in [1.54, 1.807) is 0 Å². The second kappa shape index (κ2) is 6.05. The summed E-state index contributed by atoms with van der Waals surface area (Å²) in [6, 6.07) is 9.06. The van der Waals surface area contributed by atoms with Crippen molar-refractivity contribution in [3.63, 3.8) is 0 Å². The van der Waals surface area contributed by atoms with E-state index >= 15 is 0 Å². The minimum Gasteiger partial charge on any atom is -0.355 e. The highest BCUT2D eigenvalue weighted by Crippen LogP contribution is 2.46. The van der Waals surface area contributed by atoms with Crippen molar-refractivity contribution < 1.29 is 0 Å². The van der Waals surface area contributed by atoms with Gasteiger partial charge in [-0.2, -0.15) is 0 Å². The molecule has 1 aliphatic carbocycles. The van der Waals surface area contributed by atoms with E-state index in [2.05, 4.69) is 55.8 Å². The Kier molecular flexibility index (Phi) is 4.07. The summed E-state index contributed by atoms with van der Waals surface area (Å²) >= 11 is 0. The lowest BCUT2D eigenvalue weighted by atomic mass is 9.63. The first-order valence-corrected chi connectivity index (χ1v) is 9.75. The maximum atomic E-state index is 6.06. The molecule has 4 rings (SSSR count). The lowest BCUT2D eigenvalue weighted by Gasteiger charge is -2.42. The summed E-state index contributed by atoms with van der Waals surface area (Å²) in [6.45, 7) is 11.3. The third kappa shape index (κ3) is 3.01. The van der Waals surface area contributed by atoms with Crippen LogP contribution in [-0.4, -0.2) is 29.1 Å². The molecule has 1 fully saturated rings. The first kappa shape index (κ1) is 17.5. The Balaban J connectivity index is 1.73. The molecule has 2 aliphatic rings. The van der Waals surface area contributed by atoms with Crippen LogP contribution in [0.3, 0.4) is 0 Å². The Morgan fingerprint density at radius 1 is 1.04 bits per heavy atom. The maximum absolute atomic E-state index is 6.06. The molecule has 4 heteroatoms. The molecule has 1 aromatic carbocycles. The first-order valence-electron chi connectivity index (χ1n) is 9.75. The topological polar surface area (TPSA) is 55.0 Å². The molecule has 26 heavy (non-hydrogen) atoms. The van der Waals surface area contributed by atoms with Crippen LogP contribution in [0.4, 0.5) is 5.82 Å². The van der Waals surface area contributed by atoms with Gasteiger partial charge in [0, 0.05) is 30.9 Å².